The summed E-state index contributed by atoms with van der Waals surface area (Å²) in [6, 6.07) is 0.499. The van der Waals surface area contributed by atoms with Crippen LogP contribution in [0.15, 0.2) is 6.20 Å². The van der Waals surface area contributed by atoms with Gasteiger partial charge in [0.2, 0.25) is 5.95 Å². The van der Waals surface area contributed by atoms with Crippen LogP contribution < -0.4 is 15.5 Å². The third kappa shape index (κ3) is 6.07. The highest BCUT2D eigenvalue weighted by Gasteiger charge is 2.25. The Morgan fingerprint density at radius 3 is 2.36 bits per heavy atom. The second kappa shape index (κ2) is 7.89. The quantitative estimate of drug-likeness (QED) is 0.869. The van der Waals surface area contributed by atoms with Crippen molar-refractivity contribution in [2.45, 2.75) is 71.1 Å². The molecule has 2 N–H and O–H groups in total. The van der Waals surface area contributed by atoms with E-state index in [1.807, 2.05) is 52.9 Å². The van der Waals surface area contributed by atoms with E-state index in [4.69, 9.17) is 4.74 Å². The molecule has 0 atom stereocenters. The molecule has 1 amide bonds. The highest BCUT2D eigenvalue weighted by Crippen LogP contribution is 2.23. The van der Waals surface area contributed by atoms with Gasteiger partial charge >= 0.3 is 6.09 Å². The van der Waals surface area contributed by atoms with Crippen molar-refractivity contribution in [3.63, 3.8) is 0 Å². The summed E-state index contributed by atoms with van der Waals surface area (Å²) in [5.41, 5.74) is 0.594. The fraction of sp³-hybridized carbons (Fsp3) is 0.722. The molecule has 7 nitrogen and oxygen atoms in total. The summed E-state index contributed by atoms with van der Waals surface area (Å²) >= 11 is 0. The van der Waals surface area contributed by atoms with E-state index in [1.54, 1.807) is 0 Å². The Balaban J connectivity index is 1.83. The molecule has 7 heteroatoms. The van der Waals surface area contributed by atoms with Crippen LogP contribution >= 0.6 is 0 Å². The molecule has 1 heterocycles. The summed E-state index contributed by atoms with van der Waals surface area (Å²) in [7, 11) is 3.96. The summed E-state index contributed by atoms with van der Waals surface area (Å²) < 4.78 is 5.32. The Kier molecular flexibility index (Phi) is 6.08. The first kappa shape index (κ1) is 19.3. The lowest BCUT2D eigenvalue weighted by molar-refractivity contribution is 0.0492. The lowest BCUT2D eigenvalue weighted by Crippen LogP contribution is -2.42. The Labute approximate surface area is 150 Å². The minimum absolute atomic E-state index is 0.171. The number of rotatable bonds is 4. The molecule has 2 rings (SSSR count). The van der Waals surface area contributed by atoms with Crippen molar-refractivity contribution >= 4 is 17.9 Å². The zero-order chi connectivity index (χ0) is 18.6. The van der Waals surface area contributed by atoms with Gasteiger partial charge in [0, 0.05) is 37.9 Å². The first-order chi connectivity index (χ1) is 11.6. The minimum Gasteiger partial charge on any atom is -0.444 e. The van der Waals surface area contributed by atoms with E-state index in [1.165, 1.54) is 0 Å². The molecule has 0 radical (unpaired) electrons. The van der Waals surface area contributed by atoms with Crippen molar-refractivity contribution in [3.8, 4) is 0 Å². The maximum absolute atomic E-state index is 11.9. The average Bonchev–Trinajstić information content (AvgIpc) is 2.49. The van der Waals surface area contributed by atoms with Crippen LogP contribution in [-0.2, 0) is 4.74 Å². The van der Waals surface area contributed by atoms with Crippen molar-refractivity contribution in [1.82, 2.24) is 15.3 Å². The van der Waals surface area contributed by atoms with E-state index >= 15 is 0 Å². The third-order valence-electron chi connectivity index (χ3n) is 4.15. The Morgan fingerprint density at radius 2 is 1.80 bits per heavy atom. The summed E-state index contributed by atoms with van der Waals surface area (Å²) in [5.74, 6) is 1.59. The van der Waals surface area contributed by atoms with Crippen LogP contribution in [0.2, 0.25) is 0 Å². The number of carbonyl (C=O) groups is 1. The first-order valence-corrected chi connectivity index (χ1v) is 8.91. The number of hydrogen-bond acceptors (Lipinski definition) is 6. The van der Waals surface area contributed by atoms with Crippen LogP contribution in [-0.4, -0.2) is 47.8 Å². The van der Waals surface area contributed by atoms with Gasteiger partial charge in [-0.05, 0) is 53.4 Å². The van der Waals surface area contributed by atoms with Crippen LogP contribution in [0, 0.1) is 6.92 Å². The summed E-state index contributed by atoms with van der Waals surface area (Å²) in [6.45, 7) is 7.62. The van der Waals surface area contributed by atoms with Crippen LogP contribution in [0.1, 0.15) is 52.0 Å². The molecular formula is C18H31N5O2. The van der Waals surface area contributed by atoms with Crippen molar-refractivity contribution in [2.75, 3.05) is 24.3 Å². The molecule has 1 fully saturated rings. The number of alkyl carbamates (subject to hydrolysis) is 1. The number of hydrogen-bond donors (Lipinski definition) is 2. The number of ether oxygens (including phenoxy) is 1. The highest BCUT2D eigenvalue weighted by atomic mass is 16.6. The van der Waals surface area contributed by atoms with Crippen LogP contribution in [0.3, 0.4) is 0 Å². The zero-order valence-electron chi connectivity index (χ0n) is 16.2. The maximum atomic E-state index is 11.9. The number of anilines is 2. The fourth-order valence-electron chi connectivity index (χ4n) is 2.99. The summed E-state index contributed by atoms with van der Waals surface area (Å²) in [4.78, 5) is 22.8. The second-order valence-electron chi connectivity index (χ2n) is 7.93. The van der Waals surface area contributed by atoms with E-state index in [0.717, 1.165) is 37.1 Å². The highest BCUT2D eigenvalue weighted by molar-refractivity contribution is 5.68. The largest absolute Gasteiger partial charge is 0.444 e. The Morgan fingerprint density at radius 1 is 1.20 bits per heavy atom. The second-order valence-corrected chi connectivity index (χ2v) is 7.93. The van der Waals surface area contributed by atoms with Gasteiger partial charge < -0.3 is 20.3 Å². The van der Waals surface area contributed by atoms with Gasteiger partial charge in [-0.2, -0.15) is 4.98 Å². The lowest BCUT2D eigenvalue weighted by atomic mass is 9.91. The Bertz CT molecular complexity index is 590. The van der Waals surface area contributed by atoms with Crippen LogP contribution in [0.5, 0.6) is 0 Å². The van der Waals surface area contributed by atoms with E-state index in [0.29, 0.717) is 12.0 Å². The summed E-state index contributed by atoms with van der Waals surface area (Å²) in [6.07, 6.45) is 5.29. The minimum atomic E-state index is -0.463. The van der Waals surface area contributed by atoms with E-state index < -0.39 is 5.60 Å². The SMILES string of the molecule is Cc1cnc(NC2CCC(NC(=O)OC(C)(C)C)CC2)nc1N(C)C. The number of aryl methyl sites for hydroxylation is 1. The number of amides is 1. The zero-order valence-corrected chi connectivity index (χ0v) is 16.2. The van der Waals surface area contributed by atoms with Gasteiger partial charge in [-0.15, -0.1) is 0 Å². The fourth-order valence-corrected chi connectivity index (χ4v) is 2.99. The van der Waals surface area contributed by atoms with Crippen molar-refractivity contribution in [1.29, 1.82) is 0 Å². The van der Waals surface area contributed by atoms with Crippen molar-refractivity contribution < 1.29 is 9.53 Å². The predicted octanol–water partition coefficient (Wildman–Crippen LogP) is 3.10. The van der Waals surface area contributed by atoms with Gasteiger partial charge in [-0.25, -0.2) is 9.78 Å². The first-order valence-electron chi connectivity index (χ1n) is 8.91. The number of aromatic nitrogens is 2. The molecule has 0 unspecified atom stereocenters. The molecule has 1 saturated carbocycles. The maximum Gasteiger partial charge on any atom is 0.407 e. The molecular weight excluding hydrogens is 318 g/mol. The van der Waals surface area contributed by atoms with Gasteiger partial charge in [0.05, 0.1) is 0 Å². The molecule has 25 heavy (non-hydrogen) atoms. The monoisotopic (exact) mass is 349 g/mol. The molecule has 1 aliphatic carbocycles. The molecule has 0 spiro atoms. The van der Waals surface area contributed by atoms with Crippen molar-refractivity contribution in [2.24, 2.45) is 0 Å². The standard InChI is InChI=1S/C18H31N5O2/c1-12-11-19-16(22-15(12)23(5)6)20-13-7-9-14(10-8-13)21-17(24)25-18(2,3)4/h11,13-14H,7-10H2,1-6H3,(H,21,24)(H,19,20,22). The van der Waals surface area contributed by atoms with Crippen LogP contribution in [0.25, 0.3) is 0 Å². The number of nitrogens with zero attached hydrogens (tertiary/aromatic N) is 3. The predicted molar refractivity (Wildman–Crippen MR) is 100 cm³/mol. The van der Waals surface area contributed by atoms with Gasteiger partial charge in [0.25, 0.3) is 0 Å². The lowest BCUT2D eigenvalue weighted by Gasteiger charge is -2.30. The van der Waals surface area contributed by atoms with Crippen LogP contribution in [0.4, 0.5) is 16.6 Å². The topological polar surface area (TPSA) is 79.4 Å². The summed E-state index contributed by atoms with van der Waals surface area (Å²) in [5, 5.41) is 6.39. The molecule has 0 saturated heterocycles. The van der Waals surface area contributed by atoms with Gasteiger partial charge in [-0.3, -0.25) is 0 Å². The van der Waals surface area contributed by atoms with Crippen molar-refractivity contribution in [3.05, 3.63) is 11.8 Å². The third-order valence-corrected chi connectivity index (χ3v) is 4.15. The number of nitrogens with one attached hydrogen (secondary N) is 2. The molecule has 1 aliphatic rings. The average molecular weight is 349 g/mol. The molecule has 140 valence electrons. The van der Waals surface area contributed by atoms with Gasteiger partial charge in [-0.1, -0.05) is 0 Å². The number of carbonyl (C=O) groups excluding carboxylic acids is 1. The Hall–Kier alpha value is -2.05. The molecule has 0 aromatic carbocycles. The normalized spacial score (nSPS) is 20.7. The van der Waals surface area contributed by atoms with Gasteiger partial charge in [0.1, 0.15) is 11.4 Å². The molecule has 1 aromatic rings. The molecule has 0 aliphatic heterocycles. The van der Waals surface area contributed by atoms with E-state index in [9.17, 15) is 4.79 Å². The smallest absolute Gasteiger partial charge is 0.407 e. The van der Waals surface area contributed by atoms with E-state index in [2.05, 4.69) is 20.6 Å². The molecule has 1 aromatic heterocycles. The van der Waals surface area contributed by atoms with Gasteiger partial charge in [0.15, 0.2) is 0 Å². The van der Waals surface area contributed by atoms with E-state index in [-0.39, 0.29) is 12.1 Å². The molecule has 0 bridgehead atoms.